The summed E-state index contributed by atoms with van der Waals surface area (Å²) in [6.45, 7) is 1.89. The van der Waals surface area contributed by atoms with Gasteiger partial charge in [-0.1, -0.05) is 6.42 Å². The molecule has 3 saturated carbocycles. The molecular weight excluding hydrogens is 286 g/mol. The van der Waals surface area contributed by atoms with Gasteiger partial charge in [0.05, 0.1) is 5.75 Å². The zero-order chi connectivity index (χ0) is 15.2. The van der Waals surface area contributed by atoms with Gasteiger partial charge in [-0.05, 0) is 56.8 Å². The maximum atomic E-state index is 12.7. The third kappa shape index (κ3) is 3.61. The summed E-state index contributed by atoms with van der Waals surface area (Å²) in [4.78, 5) is 14.6. The van der Waals surface area contributed by atoms with Crippen molar-refractivity contribution >= 4 is 15.7 Å². The third-order valence-corrected chi connectivity index (χ3v) is 6.66. The Morgan fingerprint density at radius 1 is 1.19 bits per heavy atom. The number of carbonyl (C=O) groups excluding carboxylic acids is 1. The summed E-state index contributed by atoms with van der Waals surface area (Å²) in [6.07, 6.45) is 9.17. The minimum atomic E-state index is -3.04. The molecule has 3 aliphatic carbocycles. The van der Waals surface area contributed by atoms with Crippen molar-refractivity contribution in [2.45, 2.75) is 64.0 Å². The lowest BCUT2D eigenvalue weighted by Gasteiger charge is -2.31. The Kier molecular flexibility index (Phi) is 4.06. The normalized spacial score (nSPS) is 33.1. The summed E-state index contributed by atoms with van der Waals surface area (Å²) in [7, 11) is -3.04. The maximum absolute atomic E-state index is 12.7. The fraction of sp³-hybridized carbons (Fsp3) is 0.938. The highest BCUT2D eigenvalue weighted by Gasteiger charge is 2.43. The number of fused-ring (bicyclic) bond motifs is 2. The van der Waals surface area contributed by atoms with E-state index < -0.39 is 9.84 Å². The molecular formula is C16H27NO3S. The summed E-state index contributed by atoms with van der Waals surface area (Å²) in [5.41, 5.74) is 0. The van der Waals surface area contributed by atoms with Crippen LogP contribution in [-0.4, -0.2) is 43.3 Å². The van der Waals surface area contributed by atoms with Gasteiger partial charge in [-0.25, -0.2) is 8.42 Å². The van der Waals surface area contributed by atoms with Gasteiger partial charge in [0, 0.05) is 24.8 Å². The van der Waals surface area contributed by atoms with Gasteiger partial charge in [0.2, 0.25) is 5.91 Å². The first-order valence-electron chi connectivity index (χ1n) is 8.32. The molecule has 4 nitrogen and oxygen atoms in total. The molecule has 0 aromatic heterocycles. The average molecular weight is 313 g/mol. The van der Waals surface area contributed by atoms with Crippen molar-refractivity contribution in [2.75, 3.05) is 12.0 Å². The molecule has 2 bridgehead atoms. The van der Waals surface area contributed by atoms with Gasteiger partial charge >= 0.3 is 0 Å². The highest BCUT2D eigenvalue weighted by molar-refractivity contribution is 7.90. The van der Waals surface area contributed by atoms with Gasteiger partial charge in [-0.2, -0.15) is 0 Å². The lowest BCUT2D eigenvalue weighted by Crippen LogP contribution is -2.44. The first-order valence-corrected chi connectivity index (χ1v) is 10.4. The molecule has 4 atom stereocenters. The highest BCUT2D eigenvalue weighted by atomic mass is 32.2. The van der Waals surface area contributed by atoms with E-state index >= 15 is 0 Å². The van der Waals surface area contributed by atoms with Crippen molar-refractivity contribution in [3.05, 3.63) is 0 Å². The van der Waals surface area contributed by atoms with Crippen LogP contribution in [0.2, 0.25) is 0 Å². The van der Waals surface area contributed by atoms with Crippen LogP contribution in [0, 0.1) is 17.8 Å². The van der Waals surface area contributed by atoms with Gasteiger partial charge in [0.25, 0.3) is 0 Å². The molecule has 0 spiro atoms. The summed E-state index contributed by atoms with van der Waals surface area (Å²) in [5, 5.41) is 0. The summed E-state index contributed by atoms with van der Waals surface area (Å²) in [6, 6.07) is 0.117. The third-order valence-electron chi connectivity index (χ3n) is 5.57. The van der Waals surface area contributed by atoms with Gasteiger partial charge in [0.1, 0.15) is 9.84 Å². The standard InChI is InChI=1S/C16H27NO3S/c1-11(10-21(2,19)20)17(15-5-6-15)16(18)9-14-8-12-3-4-13(14)7-12/h11-15H,3-10H2,1-2H3/t11-,12+,13+,14-/m1/s1. The van der Waals surface area contributed by atoms with E-state index in [0.717, 1.165) is 24.7 Å². The zero-order valence-electron chi connectivity index (χ0n) is 13.1. The average Bonchev–Trinajstić information content (AvgIpc) is 2.95. The number of hydrogen-bond donors (Lipinski definition) is 0. The number of rotatable bonds is 6. The maximum Gasteiger partial charge on any atom is 0.223 e. The van der Waals surface area contributed by atoms with Crippen LogP contribution < -0.4 is 0 Å². The van der Waals surface area contributed by atoms with Gasteiger partial charge < -0.3 is 4.90 Å². The quantitative estimate of drug-likeness (QED) is 0.755. The molecule has 3 aliphatic rings. The Labute approximate surface area is 128 Å². The first-order chi connectivity index (χ1) is 9.83. The minimum absolute atomic E-state index is 0.0892. The zero-order valence-corrected chi connectivity index (χ0v) is 13.9. The van der Waals surface area contributed by atoms with Crippen LogP contribution in [0.25, 0.3) is 0 Å². The van der Waals surface area contributed by atoms with E-state index in [0.29, 0.717) is 18.4 Å². The fourth-order valence-corrected chi connectivity index (χ4v) is 5.67. The van der Waals surface area contributed by atoms with Crippen LogP contribution in [0.1, 0.15) is 51.9 Å². The second-order valence-corrected chi connectivity index (χ2v) is 9.80. The molecule has 0 unspecified atom stereocenters. The Bertz CT molecular complexity index is 512. The van der Waals surface area contributed by atoms with Crippen LogP contribution in [0.3, 0.4) is 0 Å². The summed E-state index contributed by atoms with van der Waals surface area (Å²) < 4.78 is 23.0. The summed E-state index contributed by atoms with van der Waals surface area (Å²) in [5.74, 6) is 2.46. The Morgan fingerprint density at radius 2 is 1.90 bits per heavy atom. The van der Waals surface area contributed by atoms with Gasteiger partial charge in [-0.15, -0.1) is 0 Å². The predicted octanol–water partition coefficient (Wildman–Crippen LogP) is 2.24. The van der Waals surface area contributed by atoms with Crippen molar-refractivity contribution in [1.29, 1.82) is 0 Å². The SMILES string of the molecule is C[C@H](CS(C)(=O)=O)N(C(=O)C[C@H]1C[C@H]2CC[C@H]1C2)C1CC1. The first kappa shape index (κ1) is 15.3. The fourth-order valence-electron chi connectivity index (χ4n) is 4.64. The monoisotopic (exact) mass is 313 g/mol. The van der Waals surface area contributed by atoms with Crippen LogP contribution >= 0.6 is 0 Å². The van der Waals surface area contributed by atoms with Crippen molar-refractivity contribution in [3.63, 3.8) is 0 Å². The molecule has 0 aromatic rings. The molecule has 0 saturated heterocycles. The second-order valence-electron chi connectivity index (χ2n) is 7.61. The van der Waals surface area contributed by atoms with Gasteiger partial charge in [0.15, 0.2) is 0 Å². The molecule has 0 N–H and O–H groups in total. The van der Waals surface area contributed by atoms with E-state index in [9.17, 15) is 13.2 Å². The number of amides is 1. The lowest BCUT2D eigenvalue weighted by atomic mass is 9.86. The molecule has 120 valence electrons. The molecule has 3 fully saturated rings. The van der Waals surface area contributed by atoms with E-state index in [4.69, 9.17) is 0 Å². The topological polar surface area (TPSA) is 54.5 Å². The number of sulfone groups is 1. The largest absolute Gasteiger partial charge is 0.336 e. The second kappa shape index (κ2) is 5.56. The van der Waals surface area contributed by atoms with Crippen LogP contribution in [0.15, 0.2) is 0 Å². The van der Waals surface area contributed by atoms with Crippen LogP contribution in [-0.2, 0) is 14.6 Å². The van der Waals surface area contributed by atoms with Crippen molar-refractivity contribution < 1.29 is 13.2 Å². The van der Waals surface area contributed by atoms with E-state index in [1.165, 1.54) is 31.9 Å². The predicted molar refractivity (Wildman–Crippen MR) is 82.6 cm³/mol. The Morgan fingerprint density at radius 3 is 2.38 bits per heavy atom. The molecule has 3 rings (SSSR count). The van der Waals surface area contributed by atoms with Crippen LogP contribution in [0.4, 0.5) is 0 Å². The van der Waals surface area contributed by atoms with E-state index in [1.807, 2.05) is 11.8 Å². The number of nitrogens with zero attached hydrogens (tertiary/aromatic N) is 1. The minimum Gasteiger partial charge on any atom is -0.336 e. The van der Waals surface area contributed by atoms with Crippen molar-refractivity contribution in [1.82, 2.24) is 4.90 Å². The molecule has 0 aromatic carbocycles. The number of carbonyl (C=O) groups is 1. The Hall–Kier alpha value is -0.580. The highest BCUT2D eigenvalue weighted by Crippen LogP contribution is 2.50. The van der Waals surface area contributed by atoms with Crippen molar-refractivity contribution in [2.24, 2.45) is 17.8 Å². The summed E-state index contributed by atoms with van der Waals surface area (Å²) >= 11 is 0. The molecule has 21 heavy (non-hydrogen) atoms. The van der Waals surface area contributed by atoms with Crippen LogP contribution in [0.5, 0.6) is 0 Å². The molecule has 5 heteroatoms. The Balaban J connectivity index is 1.62. The lowest BCUT2D eigenvalue weighted by molar-refractivity contribution is -0.134. The molecule has 0 radical (unpaired) electrons. The smallest absolute Gasteiger partial charge is 0.223 e. The molecule has 0 aliphatic heterocycles. The number of hydrogen-bond acceptors (Lipinski definition) is 3. The van der Waals surface area contributed by atoms with Gasteiger partial charge in [-0.3, -0.25) is 4.79 Å². The molecule has 0 heterocycles. The van der Waals surface area contributed by atoms with Crippen molar-refractivity contribution in [3.8, 4) is 0 Å². The van der Waals surface area contributed by atoms with E-state index in [2.05, 4.69) is 0 Å². The van der Waals surface area contributed by atoms with E-state index in [1.54, 1.807) is 0 Å². The van der Waals surface area contributed by atoms with E-state index in [-0.39, 0.29) is 17.7 Å². The molecule has 1 amide bonds.